The third-order valence-corrected chi connectivity index (χ3v) is 6.88. The second kappa shape index (κ2) is 10.1. The highest BCUT2D eigenvalue weighted by atomic mass is 32.2. The average molecular weight is 523 g/mol. The molecule has 3 rings (SSSR count). The number of nitro benzene ring substituents is 1. The lowest BCUT2D eigenvalue weighted by Crippen LogP contribution is -2.34. The first-order valence-electron chi connectivity index (χ1n) is 9.66. The van der Waals surface area contributed by atoms with Crippen LogP contribution in [0.3, 0.4) is 0 Å². The number of imide groups is 1. The van der Waals surface area contributed by atoms with Crippen molar-refractivity contribution in [1.82, 2.24) is 4.90 Å². The topological polar surface area (TPSA) is 159 Å². The lowest BCUT2D eigenvalue weighted by Gasteiger charge is -2.12. The zero-order valence-electron chi connectivity index (χ0n) is 18.5. The summed E-state index contributed by atoms with van der Waals surface area (Å²) in [4.78, 5) is 46.7. The maximum atomic E-state index is 12.7. The van der Waals surface area contributed by atoms with Crippen molar-refractivity contribution >= 4 is 50.8 Å². The van der Waals surface area contributed by atoms with Gasteiger partial charge in [-0.25, -0.2) is 0 Å². The predicted octanol–water partition coefficient (Wildman–Crippen LogP) is 2.89. The highest BCUT2D eigenvalue weighted by molar-refractivity contribution is 8.18. The van der Waals surface area contributed by atoms with Gasteiger partial charge in [-0.1, -0.05) is 12.1 Å². The van der Waals surface area contributed by atoms with Crippen LogP contribution in [0.25, 0.3) is 6.08 Å². The standard InChI is InChI=1S/C21H18N2O10S2/c1-12-4-6-14(10-15(12)23(27)28)35(29,30)33-16-7-5-13(8-17(16)31-2)9-18-20(25)22(21(26)34-18)11-19(24)32-3/h4-10H,11H2,1-3H3/b18-9-. The zero-order valence-corrected chi connectivity index (χ0v) is 20.2. The van der Waals surface area contributed by atoms with Crippen LogP contribution in [0.1, 0.15) is 11.1 Å². The van der Waals surface area contributed by atoms with Gasteiger partial charge in [0, 0.05) is 11.6 Å². The molecule has 0 atom stereocenters. The summed E-state index contributed by atoms with van der Waals surface area (Å²) >= 11 is 0.627. The molecule has 1 fully saturated rings. The van der Waals surface area contributed by atoms with Crippen LogP contribution in [0.4, 0.5) is 10.5 Å². The van der Waals surface area contributed by atoms with Crippen LogP contribution in [-0.4, -0.2) is 56.1 Å². The number of amides is 2. The summed E-state index contributed by atoms with van der Waals surface area (Å²) in [5.74, 6) is -1.66. The minimum absolute atomic E-state index is 0.0160. The smallest absolute Gasteiger partial charge is 0.339 e. The quantitative estimate of drug-likeness (QED) is 0.165. The van der Waals surface area contributed by atoms with Gasteiger partial charge in [0.15, 0.2) is 11.5 Å². The van der Waals surface area contributed by atoms with Crippen LogP contribution in [-0.2, 0) is 24.4 Å². The predicted molar refractivity (Wildman–Crippen MR) is 123 cm³/mol. The molecule has 35 heavy (non-hydrogen) atoms. The van der Waals surface area contributed by atoms with Crippen molar-refractivity contribution in [3.05, 3.63) is 62.5 Å². The Labute approximate surface area is 203 Å². The van der Waals surface area contributed by atoms with Crippen LogP contribution in [0.2, 0.25) is 0 Å². The molecule has 2 amide bonds. The summed E-state index contributed by atoms with van der Waals surface area (Å²) in [6.45, 7) is 0.949. The summed E-state index contributed by atoms with van der Waals surface area (Å²) in [5.41, 5.74) is 0.283. The van der Waals surface area contributed by atoms with Gasteiger partial charge in [-0.2, -0.15) is 8.42 Å². The largest absolute Gasteiger partial charge is 0.493 e. The number of ether oxygens (including phenoxy) is 2. The molecule has 2 aromatic rings. The molecule has 1 aliphatic heterocycles. The molecule has 12 nitrogen and oxygen atoms in total. The Morgan fingerprint density at radius 3 is 2.49 bits per heavy atom. The summed E-state index contributed by atoms with van der Waals surface area (Å²) in [6.07, 6.45) is 1.37. The molecule has 14 heteroatoms. The van der Waals surface area contributed by atoms with Gasteiger partial charge in [0.05, 0.1) is 24.0 Å². The van der Waals surface area contributed by atoms with Crippen molar-refractivity contribution in [2.24, 2.45) is 0 Å². The molecule has 1 heterocycles. The molecule has 0 unspecified atom stereocenters. The number of hydrogen-bond acceptors (Lipinski definition) is 11. The van der Waals surface area contributed by atoms with Gasteiger partial charge in [-0.15, -0.1) is 0 Å². The van der Waals surface area contributed by atoms with Gasteiger partial charge < -0.3 is 13.7 Å². The Morgan fingerprint density at radius 2 is 1.86 bits per heavy atom. The van der Waals surface area contributed by atoms with Crippen LogP contribution in [0.5, 0.6) is 11.5 Å². The van der Waals surface area contributed by atoms with Crippen LogP contribution in [0.15, 0.2) is 46.2 Å². The minimum Gasteiger partial charge on any atom is -0.493 e. The Hall–Kier alpha value is -3.91. The third kappa shape index (κ3) is 5.60. The fourth-order valence-electron chi connectivity index (χ4n) is 2.93. The number of esters is 1. The van der Waals surface area contributed by atoms with Crippen molar-refractivity contribution in [2.45, 2.75) is 11.8 Å². The third-order valence-electron chi connectivity index (χ3n) is 4.74. The lowest BCUT2D eigenvalue weighted by molar-refractivity contribution is -0.385. The van der Waals surface area contributed by atoms with E-state index >= 15 is 0 Å². The molecule has 0 aliphatic carbocycles. The number of methoxy groups -OCH3 is 2. The second-order valence-electron chi connectivity index (χ2n) is 7.00. The molecule has 1 aliphatic rings. The molecule has 0 N–H and O–H groups in total. The molecule has 0 saturated carbocycles. The van der Waals surface area contributed by atoms with Crippen molar-refractivity contribution in [1.29, 1.82) is 0 Å². The van der Waals surface area contributed by atoms with Crippen molar-refractivity contribution in [2.75, 3.05) is 20.8 Å². The molecular weight excluding hydrogens is 504 g/mol. The molecule has 0 bridgehead atoms. The van der Waals surface area contributed by atoms with Gasteiger partial charge >= 0.3 is 16.1 Å². The normalized spacial score (nSPS) is 14.8. The van der Waals surface area contributed by atoms with Gasteiger partial charge in [0.1, 0.15) is 11.4 Å². The number of nitro groups is 1. The Balaban J connectivity index is 1.87. The molecule has 0 radical (unpaired) electrons. The second-order valence-corrected chi connectivity index (χ2v) is 9.54. The maximum Gasteiger partial charge on any atom is 0.339 e. The van der Waals surface area contributed by atoms with Crippen LogP contribution >= 0.6 is 11.8 Å². The Morgan fingerprint density at radius 1 is 1.14 bits per heavy atom. The van der Waals surface area contributed by atoms with Gasteiger partial charge in [0.2, 0.25) is 0 Å². The number of aryl methyl sites for hydroxylation is 1. The zero-order chi connectivity index (χ0) is 25.9. The Kier molecular flexibility index (Phi) is 7.45. The minimum atomic E-state index is -4.44. The first-order chi connectivity index (χ1) is 16.5. The van der Waals surface area contributed by atoms with E-state index in [-0.39, 0.29) is 27.7 Å². The fraction of sp³-hybridized carbons (Fsp3) is 0.190. The first-order valence-corrected chi connectivity index (χ1v) is 11.9. The van der Waals surface area contributed by atoms with Crippen LogP contribution < -0.4 is 8.92 Å². The summed E-state index contributed by atoms with van der Waals surface area (Å²) < 4.78 is 40.2. The average Bonchev–Trinajstić information content (AvgIpc) is 3.06. The molecule has 184 valence electrons. The van der Waals surface area contributed by atoms with E-state index < -0.39 is 43.6 Å². The van der Waals surface area contributed by atoms with E-state index in [0.29, 0.717) is 17.3 Å². The summed E-state index contributed by atoms with van der Waals surface area (Å²) in [5, 5.41) is 10.5. The van der Waals surface area contributed by atoms with Gasteiger partial charge in [0.25, 0.3) is 16.8 Å². The monoisotopic (exact) mass is 522 g/mol. The number of hydrogen-bond donors (Lipinski definition) is 0. The SMILES string of the molecule is COC(=O)CN1C(=O)S/C(=C\c2ccc(OS(=O)(=O)c3ccc(C)c([N+](=O)[O-])c3)c(OC)c2)C1=O. The van der Waals surface area contributed by atoms with E-state index in [0.717, 1.165) is 18.1 Å². The van der Waals surface area contributed by atoms with Gasteiger partial charge in [-0.05, 0) is 48.5 Å². The van der Waals surface area contributed by atoms with E-state index in [4.69, 9.17) is 8.92 Å². The summed E-state index contributed by atoms with van der Waals surface area (Å²) in [6, 6.07) is 7.43. The van der Waals surface area contributed by atoms with E-state index in [2.05, 4.69) is 4.74 Å². The van der Waals surface area contributed by atoms with E-state index in [1.165, 1.54) is 50.4 Å². The van der Waals surface area contributed by atoms with Crippen molar-refractivity contribution in [3.8, 4) is 11.5 Å². The van der Waals surface area contributed by atoms with E-state index in [9.17, 15) is 32.9 Å². The number of carbonyl (C=O) groups excluding carboxylic acids is 3. The maximum absolute atomic E-state index is 12.7. The van der Waals surface area contributed by atoms with E-state index in [1.807, 2.05) is 0 Å². The van der Waals surface area contributed by atoms with Crippen molar-refractivity contribution in [3.63, 3.8) is 0 Å². The Bertz CT molecular complexity index is 1370. The fourth-order valence-corrected chi connectivity index (χ4v) is 4.73. The van der Waals surface area contributed by atoms with E-state index in [1.54, 1.807) is 0 Å². The first kappa shape index (κ1) is 25.7. The van der Waals surface area contributed by atoms with Gasteiger partial charge in [-0.3, -0.25) is 29.4 Å². The highest BCUT2D eigenvalue weighted by Gasteiger charge is 2.36. The number of carbonyl (C=O) groups is 3. The number of benzene rings is 2. The number of thioether (sulfide) groups is 1. The van der Waals surface area contributed by atoms with Crippen molar-refractivity contribution < 1.29 is 41.4 Å². The van der Waals surface area contributed by atoms with Crippen LogP contribution in [0, 0.1) is 17.0 Å². The number of nitrogens with zero attached hydrogens (tertiary/aromatic N) is 2. The molecular formula is C21H18N2O10S2. The molecule has 1 saturated heterocycles. The highest BCUT2D eigenvalue weighted by Crippen LogP contribution is 2.35. The summed E-state index contributed by atoms with van der Waals surface area (Å²) in [7, 11) is -2.05. The molecule has 0 spiro atoms. The lowest BCUT2D eigenvalue weighted by atomic mass is 10.2. The molecule has 2 aromatic carbocycles. The molecule has 0 aromatic heterocycles. The number of rotatable bonds is 8.